The topological polar surface area (TPSA) is 17.8 Å². The maximum Gasteiger partial charge on any atom is 0.204 e. The van der Waals surface area contributed by atoms with E-state index in [4.69, 9.17) is 58.0 Å². The summed E-state index contributed by atoms with van der Waals surface area (Å²) >= 11 is 30.2. The highest BCUT2D eigenvalue weighted by atomic mass is 35.5. The van der Waals surface area contributed by atoms with Gasteiger partial charge in [-0.2, -0.15) is 0 Å². The number of hydrogen-bond donors (Lipinski definition) is 0. The molecule has 1 aromatic heterocycles. The number of fused-ring (bicyclic) bond motifs is 1. The van der Waals surface area contributed by atoms with Crippen LogP contribution in [0.5, 0.6) is 0 Å². The van der Waals surface area contributed by atoms with Crippen LogP contribution in [0.1, 0.15) is 5.56 Å². The minimum absolute atomic E-state index is 0.356. The SMILES string of the molecule is Clc1ccc(Cn2c(Cl)nc3cc(Cl)c(Cl)cc32)cc1Cl. The number of hydrogen-bond acceptors (Lipinski definition) is 1. The molecule has 0 bridgehead atoms. The van der Waals surface area contributed by atoms with Crippen molar-refractivity contribution in [3.8, 4) is 0 Å². The van der Waals surface area contributed by atoms with Gasteiger partial charge in [-0.3, -0.25) is 0 Å². The lowest BCUT2D eigenvalue weighted by molar-refractivity contribution is 0.826. The van der Waals surface area contributed by atoms with Crippen molar-refractivity contribution in [3.05, 3.63) is 61.3 Å². The molecule has 21 heavy (non-hydrogen) atoms. The number of imidazole rings is 1. The van der Waals surface area contributed by atoms with Gasteiger partial charge in [0.05, 0.1) is 37.7 Å². The van der Waals surface area contributed by atoms with Crippen LogP contribution in [0.4, 0.5) is 0 Å². The van der Waals surface area contributed by atoms with Crippen LogP contribution in [0, 0.1) is 0 Å². The Morgan fingerprint density at radius 3 is 2.19 bits per heavy atom. The lowest BCUT2D eigenvalue weighted by Gasteiger charge is -2.07. The molecule has 0 unspecified atom stereocenters. The van der Waals surface area contributed by atoms with Crippen molar-refractivity contribution in [2.75, 3.05) is 0 Å². The molecule has 2 nitrogen and oxygen atoms in total. The molecule has 0 aliphatic rings. The fourth-order valence-electron chi connectivity index (χ4n) is 2.06. The van der Waals surface area contributed by atoms with E-state index >= 15 is 0 Å². The summed E-state index contributed by atoms with van der Waals surface area (Å²) in [7, 11) is 0. The number of aromatic nitrogens is 2. The van der Waals surface area contributed by atoms with E-state index in [1.54, 1.807) is 24.3 Å². The fraction of sp³-hybridized carbons (Fsp3) is 0.0714. The molecular weight excluding hydrogens is 373 g/mol. The van der Waals surface area contributed by atoms with Crippen LogP contribution in [0.2, 0.25) is 25.4 Å². The molecular formula is C14H7Cl5N2. The quantitative estimate of drug-likeness (QED) is 0.506. The van der Waals surface area contributed by atoms with Gasteiger partial charge < -0.3 is 4.57 Å². The first kappa shape index (κ1) is 15.3. The highest BCUT2D eigenvalue weighted by Gasteiger charge is 2.12. The van der Waals surface area contributed by atoms with Crippen LogP contribution in [-0.2, 0) is 6.54 Å². The van der Waals surface area contributed by atoms with Gasteiger partial charge in [0, 0.05) is 0 Å². The minimum atomic E-state index is 0.356. The zero-order valence-electron chi connectivity index (χ0n) is 10.4. The van der Waals surface area contributed by atoms with Crippen LogP contribution in [0.3, 0.4) is 0 Å². The number of nitrogens with zero attached hydrogens (tertiary/aromatic N) is 2. The summed E-state index contributed by atoms with van der Waals surface area (Å²) in [4.78, 5) is 4.28. The Bertz CT molecular complexity index is 841. The van der Waals surface area contributed by atoms with E-state index in [0.29, 0.717) is 37.4 Å². The molecule has 0 atom stereocenters. The number of rotatable bonds is 2. The third-order valence-electron chi connectivity index (χ3n) is 3.07. The predicted molar refractivity (Wildman–Crippen MR) is 90.3 cm³/mol. The summed E-state index contributed by atoms with van der Waals surface area (Å²) in [5.41, 5.74) is 2.45. The van der Waals surface area contributed by atoms with E-state index in [0.717, 1.165) is 11.1 Å². The largest absolute Gasteiger partial charge is 0.310 e. The summed E-state index contributed by atoms with van der Waals surface area (Å²) in [6.07, 6.45) is 0. The Kier molecular flexibility index (Phi) is 4.26. The lowest BCUT2D eigenvalue weighted by Crippen LogP contribution is -1.99. The van der Waals surface area contributed by atoms with Crippen LogP contribution >= 0.6 is 58.0 Å². The van der Waals surface area contributed by atoms with Crippen LogP contribution in [0.15, 0.2) is 30.3 Å². The molecule has 0 saturated carbocycles. The molecule has 1 heterocycles. The molecule has 0 aliphatic heterocycles. The van der Waals surface area contributed by atoms with E-state index in [2.05, 4.69) is 4.98 Å². The van der Waals surface area contributed by atoms with Crippen molar-refractivity contribution in [2.24, 2.45) is 0 Å². The van der Waals surface area contributed by atoms with Gasteiger partial charge in [-0.25, -0.2) is 4.98 Å². The predicted octanol–water partition coefficient (Wildman–Crippen LogP) is 6.35. The van der Waals surface area contributed by atoms with Crippen molar-refractivity contribution >= 4 is 69.0 Å². The zero-order chi connectivity index (χ0) is 15.1. The van der Waals surface area contributed by atoms with Crippen molar-refractivity contribution in [2.45, 2.75) is 6.54 Å². The van der Waals surface area contributed by atoms with E-state index < -0.39 is 0 Å². The van der Waals surface area contributed by atoms with Crippen LogP contribution in [-0.4, -0.2) is 9.55 Å². The van der Waals surface area contributed by atoms with Crippen LogP contribution in [0.25, 0.3) is 11.0 Å². The van der Waals surface area contributed by atoms with E-state index in [1.165, 1.54) is 0 Å². The van der Waals surface area contributed by atoms with E-state index in [9.17, 15) is 0 Å². The third kappa shape index (κ3) is 2.96. The first-order valence-corrected chi connectivity index (χ1v) is 7.79. The molecule has 7 heteroatoms. The molecule has 108 valence electrons. The van der Waals surface area contributed by atoms with E-state index in [1.807, 2.05) is 10.6 Å². The zero-order valence-corrected chi connectivity index (χ0v) is 14.2. The molecule has 0 radical (unpaired) electrons. The molecule has 3 rings (SSSR count). The van der Waals surface area contributed by atoms with Gasteiger partial charge in [0.25, 0.3) is 0 Å². The summed E-state index contributed by atoms with van der Waals surface area (Å²) in [5.74, 6) is 0. The molecule has 0 saturated heterocycles. The van der Waals surface area contributed by atoms with Gasteiger partial charge in [-0.1, -0.05) is 52.5 Å². The fourth-order valence-corrected chi connectivity index (χ4v) is 2.94. The van der Waals surface area contributed by atoms with Crippen molar-refractivity contribution in [1.82, 2.24) is 9.55 Å². The molecule has 3 aromatic rings. The van der Waals surface area contributed by atoms with Gasteiger partial charge in [-0.15, -0.1) is 0 Å². The maximum atomic E-state index is 6.20. The lowest BCUT2D eigenvalue weighted by atomic mass is 10.2. The molecule has 0 aliphatic carbocycles. The van der Waals surface area contributed by atoms with Crippen molar-refractivity contribution in [1.29, 1.82) is 0 Å². The van der Waals surface area contributed by atoms with Gasteiger partial charge >= 0.3 is 0 Å². The average molecular weight is 380 g/mol. The molecule has 0 N–H and O–H groups in total. The standard InChI is InChI=1S/C14H7Cl5N2/c15-8-2-1-7(3-9(8)16)6-21-13-5-11(18)10(17)4-12(13)20-14(21)19/h1-5H,6H2. The van der Waals surface area contributed by atoms with Crippen molar-refractivity contribution in [3.63, 3.8) is 0 Å². The van der Waals surface area contributed by atoms with Gasteiger partial charge in [0.15, 0.2) is 0 Å². The maximum absolute atomic E-state index is 6.20. The van der Waals surface area contributed by atoms with Gasteiger partial charge in [0.1, 0.15) is 0 Å². The second-order valence-electron chi connectivity index (χ2n) is 4.47. The monoisotopic (exact) mass is 378 g/mol. The Morgan fingerprint density at radius 2 is 1.48 bits per heavy atom. The summed E-state index contributed by atoms with van der Waals surface area (Å²) < 4.78 is 1.83. The first-order chi connectivity index (χ1) is 9.95. The van der Waals surface area contributed by atoms with Gasteiger partial charge in [0.2, 0.25) is 5.28 Å². The normalized spacial score (nSPS) is 11.3. The first-order valence-electron chi connectivity index (χ1n) is 5.90. The number of halogens is 5. The Morgan fingerprint density at radius 1 is 0.810 bits per heavy atom. The molecule has 0 fully saturated rings. The van der Waals surface area contributed by atoms with Crippen molar-refractivity contribution < 1.29 is 0 Å². The summed E-state index contributed by atoms with van der Waals surface area (Å²) in [6, 6.07) is 8.86. The average Bonchev–Trinajstić information content (AvgIpc) is 2.71. The Balaban J connectivity index is 2.09. The second kappa shape index (κ2) is 5.86. The Hall–Kier alpha value is -0.640. The van der Waals surface area contributed by atoms with E-state index in [-0.39, 0.29) is 0 Å². The molecule has 0 spiro atoms. The highest BCUT2D eigenvalue weighted by Crippen LogP contribution is 2.30. The summed E-state index contributed by atoms with van der Waals surface area (Å²) in [6.45, 7) is 0.504. The third-order valence-corrected chi connectivity index (χ3v) is 4.82. The smallest absolute Gasteiger partial charge is 0.204 e. The summed E-state index contributed by atoms with van der Waals surface area (Å²) in [5, 5.41) is 2.26. The highest BCUT2D eigenvalue weighted by molar-refractivity contribution is 6.43. The minimum Gasteiger partial charge on any atom is -0.310 e. The molecule has 2 aromatic carbocycles. The Labute approximate surface area is 146 Å². The second-order valence-corrected chi connectivity index (χ2v) is 6.44. The van der Waals surface area contributed by atoms with Crippen LogP contribution < -0.4 is 0 Å². The molecule has 0 amide bonds. The van der Waals surface area contributed by atoms with Gasteiger partial charge in [-0.05, 0) is 41.4 Å². The number of benzene rings is 2.